The molecule has 0 aromatic heterocycles. The predicted molar refractivity (Wildman–Crippen MR) is 137 cm³/mol. The van der Waals surface area contributed by atoms with Gasteiger partial charge in [-0.1, -0.05) is 31.4 Å². The molecule has 0 amide bonds. The molecule has 0 unspecified atom stereocenters. The molecule has 3 atom stereocenters. The van der Waals surface area contributed by atoms with Crippen molar-refractivity contribution in [3.8, 4) is 11.5 Å². The number of rotatable bonds is 11. The number of unbranched alkanes of at least 4 members (excludes halogenated alkanes) is 2. The molecule has 1 aromatic rings. The number of hydrogen-bond donors (Lipinski definition) is 0. The van der Waals surface area contributed by atoms with Crippen molar-refractivity contribution in [3.05, 3.63) is 34.9 Å². The van der Waals surface area contributed by atoms with Crippen LogP contribution in [0, 0.1) is 5.92 Å². The number of methoxy groups -OCH3 is 3. The van der Waals surface area contributed by atoms with E-state index >= 15 is 0 Å². The summed E-state index contributed by atoms with van der Waals surface area (Å²) in [5.41, 5.74) is 5.08. The van der Waals surface area contributed by atoms with Crippen LogP contribution in [-0.4, -0.2) is 51.2 Å². The van der Waals surface area contributed by atoms with Gasteiger partial charge >= 0.3 is 0 Å². The summed E-state index contributed by atoms with van der Waals surface area (Å²) in [5, 5.41) is 7.39. The molecule has 3 rings (SSSR count). The fraction of sp³-hybridized carbons (Fsp3) is 0.679. The largest absolute Gasteiger partial charge is 0.496 e. The molecule has 5 nitrogen and oxygen atoms in total. The maximum atomic E-state index is 5.96. The SMILES string of the molecule is CCCCCc1cc(OC)c([C@H]2C=C(C)CC[C@@H]2/C(C)=N/N2CCC[C@H]2COC)c(OC)c1. The fourth-order valence-corrected chi connectivity index (χ4v) is 5.46. The molecule has 5 heteroatoms. The van der Waals surface area contributed by atoms with Gasteiger partial charge in [-0.15, -0.1) is 0 Å². The lowest BCUT2D eigenvalue weighted by Crippen LogP contribution is -2.32. The highest BCUT2D eigenvalue weighted by Crippen LogP contribution is 2.46. The maximum absolute atomic E-state index is 5.96. The molecule has 1 aromatic carbocycles. The first kappa shape index (κ1) is 25.6. The van der Waals surface area contributed by atoms with Gasteiger partial charge < -0.3 is 14.2 Å². The van der Waals surface area contributed by atoms with Gasteiger partial charge in [-0.3, -0.25) is 5.01 Å². The molecule has 0 saturated carbocycles. The van der Waals surface area contributed by atoms with Crippen molar-refractivity contribution in [2.45, 2.75) is 84.1 Å². The van der Waals surface area contributed by atoms with Gasteiger partial charge in [-0.05, 0) is 70.1 Å². The highest BCUT2D eigenvalue weighted by atomic mass is 16.5. The second kappa shape index (κ2) is 12.5. The number of aryl methyl sites for hydroxylation is 1. The van der Waals surface area contributed by atoms with Gasteiger partial charge in [-0.2, -0.15) is 5.10 Å². The van der Waals surface area contributed by atoms with Crippen LogP contribution < -0.4 is 9.47 Å². The predicted octanol–water partition coefficient (Wildman–Crippen LogP) is 6.36. The molecule has 1 aliphatic carbocycles. The van der Waals surface area contributed by atoms with Crippen molar-refractivity contribution in [1.29, 1.82) is 0 Å². The molecule has 33 heavy (non-hydrogen) atoms. The number of nitrogens with zero attached hydrogens (tertiary/aromatic N) is 2. The summed E-state index contributed by atoms with van der Waals surface area (Å²) in [4.78, 5) is 0. The van der Waals surface area contributed by atoms with Crippen molar-refractivity contribution < 1.29 is 14.2 Å². The lowest BCUT2D eigenvalue weighted by molar-refractivity contribution is 0.117. The summed E-state index contributed by atoms with van der Waals surface area (Å²) < 4.78 is 17.4. The standard InChI is InChI=1S/C28H44N2O3/c1-7-8-9-11-22-17-26(32-5)28(27(18-22)33-6)25-16-20(2)13-14-24(25)21(3)29-30-15-10-12-23(30)19-31-4/h16-18,23-25H,7-15,19H2,1-6H3/b29-21+/t23-,24+,25-/m0/s1. The molecule has 1 fully saturated rings. The van der Waals surface area contributed by atoms with Gasteiger partial charge in [0, 0.05) is 36.8 Å². The van der Waals surface area contributed by atoms with E-state index in [9.17, 15) is 0 Å². The summed E-state index contributed by atoms with van der Waals surface area (Å²) in [6, 6.07) is 4.84. The Morgan fingerprint density at radius 3 is 2.45 bits per heavy atom. The first-order valence-corrected chi connectivity index (χ1v) is 12.7. The van der Waals surface area contributed by atoms with Gasteiger partial charge in [0.15, 0.2) is 0 Å². The third kappa shape index (κ3) is 6.32. The van der Waals surface area contributed by atoms with E-state index in [4.69, 9.17) is 19.3 Å². The molecule has 2 aliphatic rings. The van der Waals surface area contributed by atoms with Crippen LogP contribution in [0.2, 0.25) is 0 Å². The summed E-state index contributed by atoms with van der Waals surface area (Å²) in [7, 11) is 5.34. The fourth-order valence-electron chi connectivity index (χ4n) is 5.46. The molecule has 0 N–H and O–H groups in total. The quantitative estimate of drug-likeness (QED) is 0.221. The minimum absolute atomic E-state index is 0.195. The van der Waals surface area contributed by atoms with Crippen LogP contribution >= 0.6 is 0 Å². The maximum Gasteiger partial charge on any atom is 0.126 e. The van der Waals surface area contributed by atoms with Crippen LogP contribution in [0.4, 0.5) is 0 Å². The van der Waals surface area contributed by atoms with Crippen LogP contribution in [0.3, 0.4) is 0 Å². The second-order valence-corrected chi connectivity index (χ2v) is 9.71. The number of ether oxygens (including phenoxy) is 3. The molecule has 1 saturated heterocycles. The van der Waals surface area contributed by atoms with Crippen molar-refractivity contribution in [2.75, 3.05) is 34.5 Å². The molecule has 0 spiro atoms. The molecular formula is C28H44N2O3. The Morgan fingerprint density at radius 2 is 1.82 bits per heavy atom. The number of hydrazone groups is 1. The summed E-state index contributed by atoms with van der Waals surface area (Å²) in [6.45, 7) is 8.43. The Kier molecular flexibility index (Phi) is 9.66. The zero-order valence-electron chi connectivity index (χ0n) is 21.7. The number of benzene rings is 1. The second-order valence-electron chi connectivity index (χ2n) is 9.71. The van der Waals surface area contributed by atoms with Crippen molar-refractivity contribution in [2.24, 2.45) is 11.0 Å². The first-order chi connectivity index (χ1) is 16.0. The van der Waals surface area contributed by atoms with Crippen LogP contribution in [-0.2, 0) is 11.2 Å². The number of hydrogen-bond acceptors (Lipinski definition) is 5. The Morgan fingerprint density at radius 1 is 1.09 bits per heavy atom. The Bertz CT molecular complexity index is 807. The van der Waals surface area contributed by atoms with Gasteiger partial charge in [0.05, 0.1) is 26.9 Å². The molecule has 0 bridgehead atoms. The molecule has 0 radical (unpaired) electrons. The third-order valence-corrected chi connectivity index (χ3v) is 7.28. The molecule has 1 aliphatic heterocycles. The minimum atomic E-state index is 0.195. The Balaban J connectivity index is 1.95. The van der Waals surface area contributed by atoms with E-state index in [1.807, 2.05) is 0 Å². The van der Waals surface area contributed by atoms with E-state index < -0.39 is 0 Å². The van der Waals surface area contributed by atoms with Crippen molar-refractivity contribution in [1.82, 2.24) is 5.01 Å². The lowest BCUT2D eigenvalue weighted by Gasteiger charge is -2.33. The zero-order valence-corrected chi connectivity index (χ0v) is 21.7. The zero-order chi connectivity index (χ0) is 23.8. The molecule has 1 heterocycles. The highest BCUT2D eigenvalue weighted by Gasteiger charge is 2.33. The average Bonchev–Trinajstić information content (AvgIpc) is 3.25. The summed E-state index contributed by atoms with van der Waals surface area (Å²) >= 11 is 0. The van der Waals surface area contributed by atoms with Gasteiger partial charge in [0.1, 0.15) is 11.5 Å². The van der Waals surface area contributed by atoms with E-state index in [1.54, 1.807) is 21.3 Å². The normalized spacial score (nSPS) is 23.6. The van der Waals surface area contributed by atoms with Gasteiger partial charge in [0.25, 0.3) is 0 Å². The smallest absolute Gasteiger partial charge is 0.126 e. The third-order valence-electron chi connectivity index (χ3n) is 7.28. The molecule has 184 valence electrons. The van der Waals surface area contributed by atoms with Gasteiger partial charge in [0.2, 0.25) is 0 Å². The first-order valence-electron chi connectivity index (χ1n) is 12.7. The van der Waals surface area contributed by atoms with Crippen LogP contribution in [0.1, 0.15) is 82.8 Å². The van der Waals surface area contributed by atoms with Crippen LogP contribution in [0.15, 0.2) is 28.9 Å². The van der Waals surface area contributed by atoms with Gasteiger partial charge in [-0.25, -0.2) is 0 Å². The van der Waals surface area contributed by atoms with E-state index in [0.717, 1.165) is 55.9 Å². The van der Waals surface area contributed by atoms with Crippen molar-refractivity contribution >= 4 is 5.71 Å². The van der Waals surface area contributed by atoms with E-state index in [0.29, 0.717) is 12.0 Å². The average molecular weight is 457 g/mol. The number of allylic oxidation sites excluding steroid dienone is 2. The molecular weight excluding hydrogens is 412 g/mol. The van der Waals surface area contributed by atoms with Crippen LogP contribution in [0.25, 0.3) is 0 Å². The summed E-state index contributed by atoms with van der Waals surface area (Å²) in [6.07, 6.45) is 11.7. The van der Waals surface area contributed by atoms with E-state index in [1.165, 1.54) is 42.5 Å². The van der Waals surface area contributed by atoms with Crippen LogP contribution in [0.5, 0.6) is 11.5 Å². The summed E-state index contributed by atoms with van der Waals surface area (Å²) in [5.74, 6) is 2.40. The highest BCUT2D eigenvalue weighted by molar-refractivity contribution is 5.86. The Labute approximate surface area is 201 Å². The van der Waals surface area contributed by atoms with Crippen molar-refractivity contribution in [3.63, 3.8) is 0 Å². The van der Waals surface area contributed by atoms with E-state index in [2.05, 4.69) is 44.0 Å². The van der Waals surface area contributed by atoms with E-state index in [-0.39, 0.29) is 5.92 Å². The monoisotopic (exact) mass is 456 g/mol. The minimum Gasteiger partial charge on any atom is -0.496 e. The Hall–Kier alpha value is -2.01. The lowest BCUT2D eigenvalue weighted by atomic mass is 9.74. The topological polar surface area (TPSA) is 43.3 Å².